The fourth-order valence-corrected chi connectivity index (χ4v) is 3.82. The average Bonchev–Trinajstić information content (AvgIpc) is 3.16. The van der Waals surface area contributed by atoms with E-state index in [9.17, 15) is 0 Å². The summed E-state index contributed by atoms with van der Waals surface area (Å²) in [5.74, 6) is 1.62. The predicted molar refractivity (Wildman–Crippen MR) is 116 cm³/mol. The Kier molecular flexibility index (Phi) is 5.49. The van der Waals surface area contributed by atoms with Gasteiger partial charge < -0.3 is 10.6 Å². The number of aromatic nitrogens is 3. The molecule has 0 radical (unpaired) electrons. The molecule has 1 aliphatic heterocycles. The molecule has 2 aromatic heterocycles. The van der Waals surface area contributed by atoms with Gasteiger partial charge in [0.25, 0.3) is 0 Å². The molecule has 0 bridgehead atoms. The van der Waals surface area contributed by atoms with Gasteiger partial charge in [0.05, 0.1) is 6.54 Å². The van der Waals surface area contributed by atoms with E-state index in [0.29, 0.717) is 6.54 Å². The molecule has 152 valence electrons. The highest BCUT2D eigenvalue weighted by molar-refractivity contribution is 5.79. The molecule has 7 nitrogen and oxygen atoms in total. The van der Waals surface area contributed by atoms with E-state index in [-0.39, 0.29) is 5.54 Å². The normalized spacial score (nSPS) is 15.3. The van der Waals surface area contributed by atoms with Crippen LogP contribution in [0.4, 0.5) is 0 Å². The molecular formula is C22H29N7. The number of pyridine rings is 1. The topological polar surface area (TPSA) is 69.8 Å². The highest BCUT2D eigenvalue weighted by Gasteiger charge is 2.29. The third-order valence-electron chi connectivity index (χ3n) is 5.70. The molecule has 3 aromatic rings. The number of nitrogens with zero attached hydrogens (tertiary/aromatic N) is 5. The molecule has 1 aromatic carbocycles. The van der Waals surface area contributed by atoms with Crippen LogP contribution in [0.15, 0.2) is 53.7 Å². The first-order valence-corrected chi connectivity index (χ1v) is 10.1. The zero-order chi connectivity index (χ0) is 20.3. The van der Waals surface area contributed by atoms with E-state index < -0.39 is 0 Å². The fourth-order valence-electron chi connectivity index (χ4n) is 3.82. The molecule has 1 aliphatic rings. The van der Waals surface area contributed by atoms with Gasteiger partial charge in [-0.2, -0.15) is 0 Å². The van der Waals surface area contributed by atoms with E-state index in [1.165, 1.54) is 11.1 Å². The number of hydrogen-bond donors (Lipinski definition) is 2. The molecule has 0 spiro atoms. The third-order valence-corrected chi connectivity index (χ3v) is 5.70. The molecular weight excluding hydrogens is 362 g/mol. The lowest BCUT2D eigenvalue weighted by Crippen LogP contribution is -2.54. The molecule has 0 fully saturated rings. The number of benzene rings is 1. The van der Waals surface area contributed by atoms with Crippen molar-refractivity contribution in [2.75, 3.05) is 20.1 Å². The number of hydrogen-bond acceptors (Lipinski definition) is 4. The van der Waals surface area contributed by atoms with Gasteiger partial charge in [-0.25, -0.2) is 0 Å². The minimum absolute atomic E-state index is 0.00666. The number of nitrogens with one attached hydrogen (secondary N) is 2. The molecule has 29 heavy (non-hydrogen) atoms. The summed E-state index contributed by atoms with van der Waals surface area (Å²) in [6.07, 6.45) is 3.08. The Balaban J connectivity index is 1.34. The van der Waals surface area contributed by atoms with Crippen LogP contribution in [0, 0.1) is 0 Å². The lowest BCUT2D eigenvalue weighted by Gasteiger charge is -2.42. The molecule has 7 heteroatoms. The number of rotatable bonds is 5. The van der Waals surface area contributed by atoms with Crippen molar-refractivity contribution in [3.05, 3.63) is 65.6 Å². The molecule has 0 aliphatic carbocycles. The molecule has 0 saturated heterocycles. The SMILES string of the molecule is CN=C(NCc1nnc2ccccn12)NCC(C)(C)N1CCc2ccccc2C1. The largest absolute Gasteiger partial charge is 0.355 e. The Labute approximate surface area is 171 Å². The zero-order valence-corrected chi connectivity index (χ0v) is 17.4. The first-order valence-electron chi connectivity index (χ1n) is 10.1. The number of aliphatic imine (C=N–C) groups is 1. The van der Waals surface area contributed by atoms with Crippen molar-refractivity contribution in [2.45, 2.75) is 38.9 Å². The summed E-state index contributed by atoms with van der Waals surface area (Å²) in [6.45, 7) is 7.99. The van der Waals surface area contributed by atoms with Crippen molar-refractivity contribution in [3.8, 4) is 0 Å². The lowest BCUT2D eigenvalue weighted by molar-refractivity contribution is 0.107. The van der Waals surface area contributed by atoms with E-state index in [1.807, 2.05) is 28.8 Å². The van der Waals surface area contributed by atoms with E-state index in [4.69, 9.17) is 0 Å². The molecule has 0 unspecified atom stereocenters. The van der Waals surface area contributed by atoms with Gasteiger partial charge in [-0.15, -0.1) is 10.2 Å². The monoisotopic (exact) mass is 391 g/mol. The average molecular weight is 392 g/mol. The Morgan fingerprint density at radius 3 is 2.69 bits per heavy atom. The van der Waals surface area contributed by atoms with Gasteiger partial charge in [-0.05, 0) is 43.5 Å². The van der Waals surface area contributed by atoms with E-state index in [1.54, 1.807) is 7.05 Å². The maximum atomic E-state index is 4.37. The second-order valence-electron chi connectivity index (χ2n) is 8.08. The van der Waals surface area contributed by atoms with Crippen LogP contribution in [0.2, 0.25) is 0 Å². The van der Waals surface area contributed by atoms with Crippen molar-refractivity contribution < 1.29 is 0 Å². The second-order valence-corrected chi connectivity index (χ2v) is 8.08. The molecule has 0 atom stereocenters. The van der Waals surface area contributed by atoms with E-state index in [0.717, 1.165) is 43.5 Å². The van der Waals surface area contributed by atoms with Crippen LogP contribution < -0.4 is 10.6 Å². The van der Waals surface area contributed by atoms with Crippen LogP contribution in [0.3, 0.4) is 0 Å². The molecule has 2 N–H and O–H groups in total. The van der Waals surface area contributed by atoms with Crippen molar-refractivity contribution in [2.24, 2.45) is 4.99 Å². The fraction of sp³-hybridized carbons (Fsp3) is 0.409. The highest BCUT2D eigenvalue weighted by atomic mass is 15.3. The van der Waals surface area contributed by atoms with Crippen LogP contribution in [0.5, 0.6) is 0 Å². The summed E-state index contributed by atoms with van der Waals surface area (Å²) in [4.78, 5) is 6.91. The first-order chi connectivity index (χ1) is 14.1. The van der Waals surface area contributed by atoms with Crippen molar-refractivity contribution in [1.29, 1.82) is 0 Å². The van der Waals surface area contributed by atoms with Gasteiger partial charge in [-0.3, -0.25) is 14.3 Å². The van der Waals surface area contributed by atoms with E-state index in [2.05, 4.69) is 68.8 Å². The number of fused-ring (bicyclic) bond motifs is 2. The summed E-state index contributed by atoms with van der Waals surface area (Å²) < 4.78 is 1.98. The minimum atomic E-state index is 0.00666. The van der Waals surface area contributed by atoms with Crippen molar-refractivity contribution in [1.82, 2.24) is 30.1 Å². The van der Waals surface area contributed by atoms with Crippen LogP contribution in [0.25, 0.3) is 5.65 Å². The van der Waals surface area contributed by atoms with Crippen LogP contribution in [-0.4, -0.2) is 51.1 Å². The summed E-state index contributed by atoms with van der Waals surface area (Å²) in [7, 11) is 1.79. The van der Waals surface area contributed by atoms with E-state index >= 15 is 0 Å². The maximum Gasteiger partial charge on any atom is 0.191 e. The maximum absolute atomic E-state index is 4.37. The quantitative estimate of drug-likeness (QED) is 0.516. The Bertz CT molecular complexity index is 1010. The Hall–Kier alpha value is -2.93. The summed E-state index contributed by atoms with van der Waals surface area (Å²) in [6, 6.07) is 14.6. The van der Waals surface area contributed by atoms with Gasteiger partial charge in [0.1, 0.15) is 0 Å². The van der Waals surface area contributed by atoms with Crippen LogP contribution in [-0.2, 0) is 19.5 Å². The van der Waals surface area contributed by atoms with Gasteiger partial charge in [0.2, 0.25) is 0 Å². The third kappa shape index (κ3) is 4.24. The van der Waals surface area contributed by atoms with Crippen LogP contribution >= 0.6 is 0 Å². The van der Waals surface area contributed by atoms with Crippen molar-refractivity contribution >= 4 is 11.6 Å². The standard InChI is InChI=1S/C22H29N7/c1-22(2,28-13-11-17-8-4-5-9-18(17)15-28)16-25-21(23-3)24-14-20-27-26-19-10-6-7-12-29(19)20/h4-10,12H,11,13-16H2,1-3H3,(H2,23,24,25). The summed E-state index contributed by atoms with van der Waals surface area (Å²) in [5, 5.41) is 15.3. The smallest absolute Gasteiger partial charge is 0.191 e. The van der Waals surface area contributed by atoms with Gasteiger partial charge in [0, 0.05) is 38.4 Å². The Morgan fingerprint density at radius 2 is 1.86 bits per heavy atom. The predicted octanol–water partition coefficient (Wildman–Crippen LogP) is 2.23. The van der Waals surface area contributed by atoms with Gasteiger partial charge >= 0.3 is 0 Å². The summed E-state index contributed by atoms with van der Waals surface area (Å²) in [5.41, 5.74) is 3.77. The van der Waals surface area contributed by atoms with Crippen molar-refractivity contribution in [3.63, 3.8) is 0 Å². The molecule has 0 saturated carbocycles. The Morgan fingerprint density at radius 1 is 1.07 bits per heavy atom. The molecule has 4 rings (SSSR count). The zero-order valence-electron chi connectivity index (χ0n) is 17.4. The minimum Gasteiger partial charge on any atom is -0.355 e. The van der Waals surface area contributed by atoms with Gasteiger partial charge in [0.15, 0.2) is 17.4 Å². The first kappa shape index (κ1) is 19.4. The van der Waals surface area contributed by atoms with Gasteiger partial charge in [-0.1, -0.05) is 30.3 Å². The number of guanidine groups is 1. The molecule has 3 heterocycles. The van der Waals surface area contributed by atoms with Crippen LogP contribution in [0.1, 0.15) is 30.8 Å². The highest BCUT2D eigenvalue weighted by Crippen LogP contribution is 2.24. The summed E-state index contributed by atoms with van der Waals surface area (Å²) >= 11 is 0. The molecule has 0 amide bonds. The lowest BCUT2D eigenvalue weighted by atomic mass is 9.94. The second kappa shape index (κ2) is 8.21.